The van der Waals surface area contributed by atoms with Crippen LogP contribution in [-0.2, 0) is 4.84 Å². The van der Waals surface area contributed by atoms with E-state index in [1.807, 2.05) is 13.8 Å². The molecule has 0 radical (unpaired) electrons. The van der Waals surface area contributed by atoms with Crippen LogP contribution in [0.1, 0.15) is 44.9 Å². The molecule has 2 amide bonds. The number of nitrogens with zero attached hydrogens (tertiary/aromatic N) is 1. The molecule has 3 rings (SSSR count). The fourth-order valence-corrected chi connectivity index (χ4v) is 2.88. The van der Waals surface area contributed by atoms with Crippen molar-refractivity contribution in [1.29, 1.82) is 0 Å². The maximum Gasteiger partial charge on any atom is 0.364 e. The Morgan fingerprint density at radius 3 is 2.25 bits per heavy atom. The molecule has 0 spiro atoms. The number of hydrogen-bond donors (Lipinski definition) is 0. The van der Waals surface area contributed by atoms with Crippen molar-refractivity contribution in [2.75, 3.05) is 13.7 Å². The first-order valence-electron chi connectivity index (χ1n) is 8.54. The molecule has 0 atom stereocenters. The van der Waals surface area contributed by atoms with Crippen LogP contribution in [0.4, 0.5) is 0 Å². The quantitative estimate of drug-likeness (QED) is 0.683. The van der Waals surface area contributed by atoms with Gasteiger partial charge in [-0.3, -0.25) is 9.59 Å². The van der Waals surface area contributed by atoms with E-state index < -0.39 is 17.8 Å². The van der Waals surface area contributed by atoms with E-state index in [1.54, 1.807) is 12.1 Å². The Bertz CT molecular complexity index is 921. The van der Waals surface area contributed by atoms with Crippen LogP contribution in [0.2, 0.25) is 5.02 Å². The van der Waals surface area contributed by atoms with Gasteiger partial charge in [0.2, 0.25) is 0 Å². The molecule has 0 saturated carbocycles. The van der Waals surface area contributed by atoms with E-state index in [0.717, 1.165) is 0 Å². The number of methoxy groups -OCH3 is 1. The van der Waals surface area contributed by atoms with Gasteiger partial charge in [0.05, 0.1) is 35.4 Å². The molecule has 0 aromatic heterocycles. The summed E-state index contributed by atoms with van der Waals surface area (Å²) in [4.78, 5) is 42.2. The number of amides is 2. The monoisotopic (exact) mass is 403 g/mol. The maximum atomic E-state index is 12.5. The summed E-state index contributed by atoms with van der Waals surface area (Å²) in [6, 6.07) is 8.93. The van der Waals surface area contributed by atoms with Crippen LogP contribution in [0, 0.1) is 5.92 Å². The second kappa shape index (κ2) is 7.90. The molecule has 7 nitrogen and oxygen atoms in total. The normalized spacial score (nSPS) is 13.0. The van der Waals surface area contributed by atoms with E-state index >= 15 is 0 Å². The summed E-state index contributed by atoms with van der Waals surface area (Å²) in [5, 5.41) is 0.589. The van der Waals surface area contributed by atoms with Gasteiger partial charge in [0, 0.05) is 0 Å². The van der Waals surface area contributed by atoms with Gasteiger partial charge in [-0.15, -0.1) is 0 Å². The van der Waals surface area contributed by atoms with Gasteiger partial charge in [-0.2, -0.15) is 0 Å². The average Bonchev–Trinajstić information content (AvgIpc) is 2.91. The first-order chi connectivity index (χ1) is 13.3. The number of carbonyl (C=O) groups is 3. The molecule has 0 bridgehead atoms. The molecular formula is C20H18ClNO6. The molecular weight excluding hydrogens is 386 g/mol. The van der Waals surface area contributed by atoms with Crippen LogP contribution in [0.3, 0.4) is 0 Å². The van der Waals surface area contributed by atoms with Crippen LogP contribution in [0.15, 0.2) is 36.4 Å². The Balaban J connectivity index is 1.83. The molecule has 0 unspecified atom stereocenters. The molecule has 1 heterocycles. The molecule has 0 fully saturated rings. The Labute approximate surface area is 166 Å². The molecule has 2 aromatic carbocycles. The predicted molar refractivity (Wildman–Crippen MR) is 101 cm³/mol. The minimum Gasteiger partial charge on any atom is -0.493 e. The molecule has 1 aliphatic heterocycles. The van der Waals surface area contributed by atoms with Crippen molar-refractivity contribution < 1.29 is 28.7 Å². The Morgan fingerprint density at radius 2 is 1.71 bits per heavy atom. The van der Waals surface area contributed by atoms with Gasteiger partial charge >= 0.3 is 5.97 Å². The largest absolute Gasteiger partial charge is 0.493 e. The second-order valence-corrected chi connectivity index (χ2v) is 6.93. The highest BCUT2D eigenvalue weighted by molar-refractivity contribution is 6.32. The lowest BCUT2D eigenvalue weighted by molar-refractivity contribution is -0.0584. The summed E-state index contributed by atoms with van der Waals surface area (Å²) >= 11 is 6.23. The van der Waals surface area contributed by atoms with Crippen molar-refractivity contribution in [1.82, 2.24) is 5.06 Å². The van der Waals surface area contributed by atoms with Crippen molar-refractivity contribution in [3.05, 3.63) is 58.1 Å². The van der Waals surface area contributed by atoms with Gasteiger partial charge in [0.15, 0.2) is 11.5 Å². The first kappa shape index (κ1) is 19.7. The molecule has 8 heteroatoms. The zero-order valence-corrected chi connectivity index (χ0v) is 16.3. The highest BCUT2D eigenvalue weighted by Crippen LogP contribution is 2.37. The van der Waals surface area contributed by atoms with Gasteiger partial charge in [0.1, 0.15) is 0 Å². The van der Waals surface area contributed by atoms with Crippen molar-refractivity contribution in [2.24, 2.45) is 5.92 Å². The van der Waals surface area contributed by atoms with Crippen molar-refractivity contribution in [3.8, 4) is 11.5 Å². The van der Waals surface area contributed by atoms with Crippen LogP contribution in [0.25, 0.3) is 0 Å². The molecule has 2 aromatic rings. The number of carbonyl (C=O) groups excluding carboxylic acids is 3. The van der Waals surface area contributed by atoms with Crippen LogP contribution in [-0.4, -0.2) is 36.6 Å². The third kappa shape index (κ3) is 3.66. The van der Waals surface area contributed by atoms with Gasteiger partial charge in [-0.1, -0.05) is 42.6 Å². The summed E-state index contributed by atoms with van der Waals surface area (Å²) in [6.45, 7) is 4.37. The van der Waals surface area contributed by atoms with E-state index in [4.69, 9.17) is 25.9 Å². The highest BCUT2D eigenvalue weighted by Gasteiger charge is 2.39. The van der Waals surface area contributed by atoms with E-state index in [0.29, 0.717) is 17.4 Å². The zero-order valence-electron chi connectivity index (χ0n) is 15.5. The first-order valence-corrected chi connectivity index (χ1v) is 8.91. The highest BCUT2D eigenvalue weighted by atomic mass is 35.5. The number of halogens is 1. The SMILES string of the molecule is COc1cc(C(=O)ON2C(=O)c3ccccc3C2=O)cc(Cl)c1OCC(C)C. The van der Waals surface area contributed by atoms with E-state index in [9.17, 15) is 14.4 Å². The number of ether oxygens (including phenoxy) is 2. The third-order valence-corrected chi connectivity index (χ3v) is 4.24. The molecule has 0 N–H and O–H groups in total. The molecule has 146 valence electrons. The number of hydrogen-bond acceptors (Lipinski definition) is 6. The van der Waals surface area contributed by atoms with Crippen LogP contribution in [0.5, 0.6) is 11.5 Å². The summed E-state index contributed by atoms with van der Waals surface area (Å²) < 4.78 is 10.9. The zero-order chi connectivity index (χ0) is 20.4. The van der Waals surface area contributed by atoms with Gasteiger partial charge in [-0.25, -0.2) is 4.79 Å². The molecule has 0 saturated heterocycles. The van der Waals surface area contributed by atoms with E-state index in [-0.39, 0.29) is 33.4 Å². The minimum atomic E-state index is -0.926. The predicted octanol–water partition coefficient (Wildman–Crippen LogP) is 3.75. The van der Waals surface area contributed by atoms with Gasteiger partial charge < -0.3 is 14.3 Å². The Hall–Kier alpha value is -3.06. The number of benzene rings is 2. The standard InChI is InChI=1S/C20H18ClNO6/c1-11(2)10-27-17-15(21)8-12(9-16(17)26-3)20(25)28-22-18(23)13-6-4-5-7-14(13)19(22)24/h4-9,11H,10H2,1-3H3. The third-order valence-electron chi connectivity index (χ3n) is 3.96. The molecule has 28 heavy (non-hydrogen) atoms. The lowest BCUT2D eigenvalue weighted by Crippen LogP contribution is -2.32. The summed E-state index contributed by atoms with van der Waals surface area (Å²) in [5.41, 5.74) is 0.358. The fraction of sp³-hybridized carbons (Fsp3) is 0.250. The Kier molecular flexibility index (Phi) is 5.56. The number of hydroxylamine groups is 2. The van der Waals surface area contributed by atoms with Crippen LogP contribution < -0.4 is 9.47 Å². The fourth-order valence-electron chi connectivity index (χ4n) is 2.61. The summed E-state index contributed by atoms with van der Waals surface area (Å²) in [7, 11) is 1.41. The number of rotatable bonds is 6. The number of imide groups is 1. The van der Waals surface area contributed by atoms with Crippen molar-refractivity contribution in [2.45, 2.75) is 13.8 Å². The van der Waals surface area contributed by atoms with E-state index in [2.05, 4.69) is 0 Å². The summed E-state index contributed by atoms with van der Waals surface area (Å²) in [6.07, 6.45) is 0. The number of fused-ring (bicyclic) bond motifs is 1. The van der Waals surface area contributed by atoms with Gasteiger partial charge in [0.25, 0.3) is 11.8 Å². The van der Waals surface area contributed by atoms with Crippen molar-refractivity contribution >= 4 is 29.4 Å². The van der Waals surface area contributed by atoms with Gasteiger partial charge in [-0.05, 0) is 30.2 Å². The molecule has 0 aliphatic carbocycles. The topological polar surface area (TPSA) is 82.1 Å². The summed E-state index contributed by atoms with van der Waals surface area (Å²) in [5.74, 6) is -1.53. The molecule has 1 aliphatic rings. The smallest absolute Gasteiger partial charge is 0.364 e. The lowest BCUT2D eigenvalue weighted by atomic mass is 10.1. The maximum absolute atomic E-state index is 12.5. The van der Waals surface area contributed by atoms with Crippen molar-refractivity contribution in [3.63, 3.8) is 0 Å². The van der Waals surface area contributed by atoms with E-state index in [1.165, 1.54) is 31.4 Å². The Morgan fingerprint density at radius 1 is 1.11 bits per heavy atom. The lowest BCUT2D eigenvalue weighted by Gasteiger charge is -2.16. The van der Waals surface area contributed by atoms with Crippen LogP contribution >= 0.6 is 11.6 Å². The second-order valence-electron chi connectivity index (χ2n) is 6.52. The minimum absolute atomic E-state index is 0.00954. The average molecular weight is 404 g/mol.